The standard InChI is InChI=1S/C16H23N3O2S/c1-13-6-3-4-9-19(13)14(2)12-18-22(20,21)16-8-5-7-15(10-16)11-17/h5,7-8,10,13-14,18H,3-4,6,9,12H2,1-2H3. The third kappa shape index (κ3) is 4.07. The number of hydrogen-bond donors (Lipinski definition) is 1. The molecule has 0 bridgehead atoms. The molecule has 2 unspecified atom stereocenters. The van der Waals surface area contributed by atoms with Gasteiger partial charge in [-0.05, 0) is 51.4 Å². The van der Waals surface area contributed by atoms with Crippen molar-refractivity contribution in [1.29, 1.82) is 5.26 Å². The van der Waals surface area contributed by atoms with Gasteiger partial charge in [0.25, 0.3) is 0 Å². The highest BCUT2D eigenvalue weighted by Gasteiger charge is 2.24. The molecule has 0 aromatic heterocycles. The normalized spacial score (nSPS) is 21.2. The van der Waals surface area contributed by atoms with Crippen LogP contribution in [0, 0.1) is 11.3 Å². The Bertz CT molecular complexity index is 652. The van der Waals surface area contributed by atoms with Gasteiger partial charge >= 0.3 is 0 Å². The second kappa shape index (κ2) is 7.23. The molecule has 1 saturated heterocycles. The lowest BCUT2D eigenvalue weighted by Crippen LogP contribution is -2.48. The second-order valence-electron chi connectivity index (χ2n) is 5.92. The zero-order chi connectivity index (χ0) is 16.2. The van der Waals surface area contributed by atoms with Gasteiger partial charge in [-0.15, -0.1) is 0 Å². The molecule has 0 saturated carbocycles. The fourth-order valence-corrected chi connectivity index (χ4v) is 4.11. The fraction of sp³-hybridized carbons (Fsp3) is 0.562. The first kappa shape index (κ1) is 16.9. The van der Waals surface area contributed by atoms with E-state index in [1.54, 1.807) is 12.1 Å². The Balaban J connectivity index is 2.01. The van der Waals surface area contributed by atoms with Crippen LogP contribution in [0.2, 0.25) is 0 Å². The van der Waals surface area contributed by atoms with E-state index >= 15 is 0 Å². The van der Waals surface area contributed by atoms with Crippen molar-refractivity contribution < 1.29 is 8.42 Å². The largest absolute Gasteiger partial charge is 0.297 e. The van der Waals surface area contributed by atoms with E-state index < -0.39 is 10.0 Å². The SMILES string of the molecule is CC1CCCCN1C(C)CNS(=O)(=O)c1cccc(C#N)c1. The molecule has 0 spiro atoms. The van der Waals surface area contributed by atoms with E-state index in [1.807, 2.05) is 6.07 Å². The molecule has 1 fully saturated rings. The number of benzene rings is 1. The molecule has 0 radical (unpaired) electrons. The van der Waals surface area contributed by atoms with Gasteiger partial charge in [-0.3, -0.25) is 4.90 Å². The van der Waals surface area contributed by atoms with Crippen molar-refractivity contribution in [3.63, 3.8) is 0 Å². The van der Waals surface area contributed by atoms with E-state index in [0.29, 0.717) is 18.2 Å². The molecule has 0 aliphatic carbocycles. The van der Waals surface area contributed by atoms with Gasteiger partial charge in [-0.1, -0.05) is 12.5 Å². The first-order valence-electron chi connectivity index (χ1n) is 7.69. The molecule has 6 heteroatoms. The third-order valence-electron chi connectivity index (χ3n) is 4.26. The van der Waals surface area contributed by atoms with Crippen molar-refractivity contribution >= 4 is 10.0 Å². The predicted octanol–water partition coefficient (Wildman–Crippen LogP) is 2.10. The highest BCUT2D eigenvalue weighted by Crippen LogP contribution is 2.19. The molecule has 1 aliphatic rings. The van der Waals surface area contributed by atoms with Gasteiger partial charge in [0.1, 0.15) is 0 Å². The summed E-state index contributed by atoms with van der Waals surface area (Å²) in [7, 11) is -3.57. The molecule has 120 valence electrons. The van der Waals surface area contributed by atoms with Crippen LogP contribution in [-0.2, 0) is 10.0 Å². The maximum Gasteiger partial charge on any atom is 0.240 e. The van der Waals surface area contributed by atoms with Crippen molar-refractivity contribution in [2.75, 3.05) is 13.1 Å². The number of hydrogen-bond acceptors (Lipinski definition) is 4. The van der Waals surface area contributed by atoms with Crippen LogP contribution in [0.3, 0.4) is 0 Å². The topological polar surface area (TPSA) is 73.2 Å². The van der Waals surface area contributed by atoms with Crippen LogP contribution in [0.25, 0.3) is 0 Å². The molecule has 1 N–H and O–H groups in total. The van der Waals surface area contributed by atoms with Crippen LogP contribution in [0.15, 0.2) is 29.2 Å². The molecule has 5 nitrogen and oxygen atoms in total. The van der Waals surface area contributed by atoms with Crippen molar-refractivity contribution in [3.8, 4) is 6.07 Å². The number of sulfonamides is 1. The summed E-state index contributed by atoms with van der Waals surface area (Å²) in [6.45, 7) is 5.65. The lowest BCUT2D eigenvalue weighted by Gasteiger charge is -2.38. The second-order valence-corrected chi connectivity index (χ2v) is 7.69. The van der Waals surface area contributed by atoms with Crippen molar-refractivity contribution in [2.24, 2.45) is 0 Å². The van der Waals surface area contributed by atoms with E-state index in [1.165, 1.54) is 31.4 Å². The van der Waals surface area contributed by atoms with Crippen LogP contribution >= 0.6 is 0 Å². The van der Waals surface area contributed by atoms with E-state index in [0.717, 1.165) is 6.54 Å². The van der Waals surface area contributed by atoms with Gasteiger partial charge in [0.2, 0.25) is 10.0 Å². The summed E-state index contributed by atoms with van der Waals surface area (Å²) in [6.07, 6.45) is 3.59. The summed E-state index contributed by atoms with van der Waals surface area (Å²) in [5, 5.41) is 8.87. The smallest absolute Gasteiger partial charge is 0.240 e. The lowest BCUT2D eigenvalue weighted by atomic mass is 10.0. The van der Waals surface area contributed by atoms with Gasteiger partial charge in [-0.2, -0.15) is 5.26 Å². The van der Waals surface area contributed by atoms with Gasteiger partial charge < -0.3 is 0 Å². The Kier molecular flexibility index (Phi) is 5.57. The number of nitrogens with one attached hydrogen (secondary N) is 1. The van der Waals surface area contributed by atoms with E-state index in [-0.39, 0.29) is 10.9 Å². The van der Waals surface area contributed by atoms with Gasteiger partial charge in [0, 0.05) is 18.6 Å². The minimum atomic E-state index is -3.57. The molecule has 0 amide bonds. The first-order chi connectivity index (χ1) is 10.4. The average Bonchev–Trinajstić information content (AvgIpc) is 2.53. The van der Waals surface area contributed by atoms with E-state index in [2.05, 4.69) is 23.5 Å². The molecular formula is C16H23N3O2S. The number of rotatable bonds is 5. The maximum absolute atomic E-state index is 12.3. The minimum Gasteiger partial charge on any atom is -0.297 e. The monoisotopic (exact) mass is 321 g/mol. The van der Waals surface area contributed by atoms with Crippen LogP contribution < -0.4 is 4.72 Å². The summed E-state index contributed by atoms with van der Waals surface area (Å²) < 4.78 is 27.3. The minimum absolute atomic E-state index is 0.144. The summed E-state index contributed by atoms with van der Waals surface area (Å²) in [5.74, 6) is 0. The molecule has 1 heterocycles. The quantitative estimate of drug-likeness (QED) is 0.901. The Morgan fingerprint density at radius 1 is 1.45 bits per heavy atom. The summed E-state index contributed by atoms with van der Waals surface area (Å²) in [4.78, 5) is 2.50. The summed E-state index contributed by atoms with van der Waals surface area (Å²) in [6, 6.07) is 8.71. The predicted molar refractivity (Wildman–Crippen MR) is 85.8 cm³/mol. The van der Waals surface area contributed by atoms with E-state index in [4.69, 9.17) is 5.26 Å². The van der Waals surface area contributed by atoms with E-state index in [9.17, 15) is 8.42 Å². The fourth-order valence-electron chi connectivity index (χ4n) is 2.94. The molecule has 2 rings (SSSR count). The highest BCUT2D eigenvalue weighted by molar-refractivity contribution is 7.89. The Morgan fingerprint density at radius 3 is 2.91 bits per heavy atom. The summed E-state index contributed by atoms with van der Waals surface area (Å²) in [5.41, 5.74) is 0.348. The van der Waals surface area contributed by atoms with Gasteiger partial charge in [-0.25, -0.2) is 13.1 Å². The van der Waals surface area contributed by atoms with Crippen LogP contribution in [0.5, 0.6) is 0 Å². The number of nitriles is 1. The molecular weight excluding hydrogens is 298 g/mol. The zero-order valence-corrected chi connectivity index (χ0v) is 13.9. The van der Waals surface area contributed by atoms with Crippen LogP contribution in [0.4, 0.5) is 0 Å². The van der Waals surface area contributed by atoms with Crippen LogP contribution in [0.1, 0.15) is 38.7 Å². The lowest BCUT2D eigenvalue weighted by molar-refractivity contribution is 0.116. The van der Waals surface area contributed by atoms with Gasteiger partial charge in [0.05, 0.1) is 16.5 Å². The third-order valence-corrected chi connectivity index (χ3v) is 5.68. The van der Waals surface area contributed by atoms with Gasteiger partial charge in [0.15, 0.2) is 0 Å². The van der Waals surface area contributed by atoms with Crippen molar-refractivity contribution in [2.45, 2.75) is 50.1 Å². The zero-order valence-electron chi connectivity index (χ0n) is 13.1. The Labute approximate surface area is 133 Å². The average molecular weight is 321 g/mol. The number of piperidine rings is 1. The van der Waals surface area contributed by atoms with Crippen LogP contribution in [-0.4, -0.2) is 38.5 Å². The molecule has 22 heavy (non-hydrogen) atoms. The first-order valence-corrected chi connectivity index (χ1v) is 9.18. The number of likely N-dealkylation sites (tertiary alicyclic amines) is 1. The summed E-state index contributed by atoms with van der Waals surface area (Å²) >= 11 is 0. The molecule has 1 aromatic carbocycles. The number of nitrogens with zero attached hydrogens (tertiary/aromatic N) is 2. The maximum atomic E-state index is 12.3. The Morgan fingerprint density at radius 2 is 2.23 bits per heavy atom. The molecule has 2 atom stereocenters. The molecule has 1 aromatic rings. The Hall–Kier alpha value is -1.42. The van der Waals surface area contributed by atoms with Crippen molar-refractivity contribution in [3.05, 3.63) is 29.8 Å². The molecule has 1 aliphatic heterocycles. The van der Waals surface area contributed by atoms with Crippen molar-refractivity contribution in [1.82, 2.24) is 9.62 Å². The highest BCUT2D eigenvalue weighted by atomic mass is 32.2.